The first kappa shape index (κ1) is 24.3. The van der Waals surface area contributed by atoms with E-state index >= 15 is 0 Å². The van der Waals surface area contributed by atoms with Gasteiger partial charge in [-0.3, -0.25) is 9.69 Å². The Morgan fingerprint density at radius 1 is 1.03 bits per heavy atom. The fourth-order valence-corrected chi connectivity index (χ4v) is 2.64. The number of rotatable bonds is 6. The number of aryl methyl sites for hydroxylation is 1. The molecule has 0 bridgehead atoms. The summed E-state index contributed by atoms with van der Waals surface area (Å²) in [6.45, 7) is 12.2. The molecule has 1 aromatic rings. The molecule has 0 spiro atoms. The van der Waals surface area contributed by atoms with Crippen molar-refractivity contribution in [3.8, 4) is 0 Å². The summed E-state index contributed by atoms with van der Waals surface area (Å²) >= 11 is 0. The molecule has 0 radical (unpaired) electrons. The van der Waals surface area contributed by atoms with Crippen LogP contribution in [0.3, 0.4) is 0 Å². The first-order valence-corrected chi connectivity index (χ1v) is 9.50. The van der Waals surface area contributed by atoms with Gasteiger partial charge >= 0.3 is 18.0 Å². The third-order valence-corrected chi connectivity index (χ3v) is 3.80. The average Bonchev–Trinajstić information content (AvgIpc) is 2.50. The van der Waals surface area contributed by atoms with Gasteiger partial charge in [0.1, 0.15) is 17.2 Å². The van der Waals surface area contributed by atoms with Crippen LogP contribution >= 0.6 is 0 Å². The zero-order valence-electron chi connectivity index (χ0n) is 18.4. The van der Waals surface area contributed by atoms with Crippen LogP contribution in [0.2, 0.25) is 0 Å². The summed E-state index contributed by atoms with van der Waals surface area (Å²) in [6.07, 6.45) is -0.0882. The number of nitrogens with zero attached hydrogens (tertiary/aromatic N) is 1. The van der Waals surface area contributed by atoms with Crippen LogP contribution in [0.25, 0.3) is 0 Å². The molecule has 1 atom stereocenters. The molecule has 8 heteroatoms. The number of primary amides is 1. The van der Waals surface area contributed by atoms with Crippen molar-refractivity contribution in [2.45, 2.75) is 78.6 Å². The Labute approximate surface area is 172 Å². The molecule has 4 N–H and O–H groups in total. The molecule has 162 valence electrons. The lowest BCUT2D eigenvalue weighted by molar-refractivity contribution is -0.157. The van der Waals surface area contributed by atoms with Crippen molar-refractivity contribution in [1.82, 2.24) is 0 Å². The number of urea groups is 1. The molecule has 0 aliphatic heterocycles. The third-order valence-electron chi connectivity index (χ3n) is 3.80. The molecular formula is C21H33N3O5. The highest BCUT2D eigenvalue weighted by atomic mass is 16.6. The number of carbonyl (C=O) groups excluding carboxylic acids is 3. The average molecular weight is 408 g/mol. The van der Waals surface area contributed by atoms with E-state index in [4.69, 9.17) is 20.9 Å². The van der Waals surface area contributed by atoms with Gasteiger partial charge in [0, 0.05) is 17.8 Å². The number of carbonyl (C=O) groups is 3. The van der Waals surface area contributed by atoms with Crippen molar-refractivity contribution in [3.63, 3.8) is 0 Å². The minimum absolute atomic E-state index is 0.00378. The van der Waals surface area contributed by atoms with Crippen molar-refractivity contribution >= 4 is 29.3 Å². The van der Waals surface area contributed by atoms with Gasteiger partial charge in [0.2, 0.25) is 0 Å². The third kappa shape index (κ3) is 8.01. The van der Waals surface area contributed by atoms with E-state index in [0.29, 0.717) is 11.4 Å². The van der Waals surface area contributed by atoms with Gasteiger partial charge < -0.3 is 20.9 Å². The van der Waals surface area contributed by atoms with E-state index in [1.165, 1.54) is 0 Å². The Balaban J connectivity index is 3.23. The van der Waals surface area contributed by atoms with Gasteiger partial charge in [0.15, 0.2) is 0 Å². The topological polar surface area (TPSA) is 125 Å². The second kappa shape index (κ2) is 9.15. The maximum Gasteiger partial charge on any atom is 0.329 e. The van der Waals surface area contributed by atoms with Crippen LogP contribution in [0, 0.1) is 6.92 Å². The van der Waals surface area contributed by atoms with Crippen molar-refractivity contribution in [2.24, 2.45) is 5.73 Å². The molecule has 8 nitrogen and oxygen atoms in total. The van der Waals surface area contributed by atoms with Crippen LogP contribution in [-0.2, 0) is 19.1 Å². The SMILES string of the molecule is Cc1cc(N(C(N)=O)[C@@H](CCC(=O)OC(C)(C)C)C(=O)OC(C)(C)C)ccc1N. The Bertz CT molecular complexity index is 763. The fourth-order valence-electron chi connectivity index (χ4n) is 2.64. The van der Waals surface area contributed by atoms with Gasteiger partial charge in [-0.1, -0.05) is 0 Å². The van der Waals surface area contributed by atoms with E-state index in [1.807, 2.05) is 0 Å². The van der Waals surface area contributed by atoms with Crippen molar-refractivity contribution in [2.75, 3.05) is 10.6 Å². The Morgan fingerprint density at radius 3 is 2.03 bits per heavy atom. The van der Waals surface area contributed by atoms with Crippen LogP contribution in [0.4, 0.5) is 16.2 Å². The van der Waals surface area contributed by atoms with Crippen LogP contribution in [0.1, 0.15) is 59.9 Å². The van der Waals surface area contributed by atoms with E-state index < -0.39 is 35.2 Å². The van der Waals surface area contributed by atoms with Gasteiger partial charge in [0.05, 0.1) is 0 Å². The lowest BCUT2D eigenvalue weighted by atomic mass is 10.1. The van der Waals surface area contributed by atoms with E-state index in [0.717, 1.165) is 10.5 Å². The summed E-state index contributed by atoms with van der Waals surface area (Å²) in [4.78, 5) is 38.5. The summed E-state index contributed by atoms with van der Waals surface area (Å²) in [7, 11) is 0. The van der Waals surface area contributed by atoms with E-state index in [2.05, 4.69) is 0 Å². The van der Waals surface area contributed by atoms with Crippen LogP contribution in [0.5, 0.6) is 0 Å². The largest absolute Gasteiger partial charge is 0.460 e. The smallest absolute Gasteiger partial charge is 0.329 e. The number of benzene rings is 1. The Morgan fingerprint density at radius 2 is 1.59 bits per heavy atom. The molecule has 1 rings (SSSR count). The van der Waals surface area contributed by atoms with Crippen molar-refractivity contribution in [3.05, 3.63) is 23.8 Å². The monoisotopic (exact) mass is 407 g/mol. The maximum absolute atomic E-state index is 12.9. The van der Waals surface area contributed by atoms with E-state index in [-0.39, 0.29) is 12.8 Å². The standard InChI is InChI=1S/C21H33N3O5/c1-13-12-14(8-9-15(13)22)24(19(23)27)16(18(26)29-21(5,6)7)10-11-17(25)28-20(2,3)4/h8-9,12,16H,10-11,22H2,1-7H3,(H2,23,27)/t16-/m0/s1. The summed E-state index contributed by atoms with van der Waals surface area (Å²) in [5.74, 6) is -1.14. The van der Waals surface area contributed by atoms with E-state index in [9.17, 15) is 14.4 Å². The van der Waals surface area contributed by atoms with E-state index in [1.54, 1.807) is 66.7 Å². The van der Waals surface area contributed by atoms with Crippen LogP contribution < -0.4 is 16.4 Å². The zero-order valence-corrected chi connectivity index (χ0v) is 18.4. The molecule has 0 unspecified atom stereocenters. The van der Waals surface area contributed by atoms with Gasteiger partial charge in [-0.2, -0.15) is 0 Å². The molecule has 0 fully saturated rings. The lowest BCUT2D eigenvalue weighted by Gasteiger charge is -2.32. The zero-order chi connectivity index (χ0) is 22.6. The number of nitrogens with two attached hydrogens (primary N) is 2. The predicted octanol–water partition coefficient (Wildman–Crippen LogP) is 3.29. The minimum atomic E-state index is -1.10. The normalized spacial score (nSPS) is 12.8. The predicted molar refractivity (Wildman–Crippen MR) is 112 cm³/mol. The minimum Gasteiger partial charge on any atom is -0.460 e. The summed E-state index contributed by atoms with van der Waals surface area (Å²) in [6, 6.07) is 2.94. The summed E-state index contributed by atoms with van der Waals surface area (Å²) in [5.41, 5.74) is 11.7. The quantitative estimate of drug-likeness (QED) is 0.550. The second-order valence-corrected chi connectivity index (χ2v) is 8.92. The molecule has 2 amide bonds. The molecule has 0 saturated heterocycles. The first-order valence-electron chi connectivity index (χ1n) is 9.50. The molecule has 0 aliphatic rings. The van der Waals surface area contributed by atoms with Crippen LogP contribution in [0.15, 0.2) is 18.2 Å². The fraction of sp³-hybridized carbons (Fsp3) is 0.571. The van der Waals surface area contributed by atoms with Crippen molar-refractivity contribution in [1.29, 1.82) is 0 Å². The highest BCUT2D eigenvalue weighted by molar-refractivity contribution is 5.98. The highest BCUT2D eigenvalue weighted by Gasteiger charge is 2.34. The molecule has 0 saturated carbocycles. The molecule has 0 aromatic heterocycles. The lowest BCUT2D eigenvalue weighted by Crippen LogP contribution is -2.50. The number of amides is 2. The summed E-state index contributed by atoms with van der Waals surface area (Å²) < 4.78 is 10.8. The molecule has 1 aromatic carbocycles. The molecule has 29 heavy (non-hydrogen) atoms. The number of ether oxygens (including phenoxy) is 2. The first-order chi connectivity index (χ1) is 13.1. The molecule has 0 aliphatic carbocycles. The maximum atomic E-state index is 12.9. The van der Waals surface area contributed by atoms with Gasteiger partial charge in [0.25, 0.3) is 0 Å². The van der Waals surface area contributed by atoms with Gasteiger partial charge in [-0.25, -0.2) is 9.59 Å². The number of esters is 2. The number of hydrogen-bond acceptors (Lipinski definition) is 6. The number of hydrogen-bond donors (Lipinski definition) is 2. The second-order valence-electron chi connectivity index (χ2n) is 8.92. The number of nitrogen functional groups attached to an aromatic ring is 1. The molecule has 0 heterocycles. The van der Waals surface area contributed by atoms with Crippen molar-refractivity contribution < 1.29 is 23.9 Å². The number of anilines is 2. The summed E-state index contributed by atoms with van der Waals surface area (Å²) in [5, 5.41) is 0. The molecular weight excluding hydrogens is 374 g/mol. The Hall–Kier alpha value is -2.77. The highest BCUT2D eigenvalue weighted by Crippen LogP contribution is 2.26. The van der Waals surface area contributed by atoms with Crippen LogP contribution in [-0.4, -0.2) is 35.2 Å². The van der Waals surface area contributed by atoms with Gasteiger partial charge in [-0.15, -0.1) is 0 Å². The van der Waals surface area contributed by atoms with Gasteiger partial charge in [-0.05, 0) is 78.6 Å². The Kier molecular flexibility index (Phi) is 7.66.